The van der Waals surface area contributed by atoms with Crippen LogP contribution in [0.5, 0.6) is 0 Å². The first kappa shape index (κ1) is 22.7. The van der Waals surface area contributed by atoms with Crippen LogP contribution in [0.25, 0.3) is 33.4 Å². The van der Waals surface area contributed by atoms with E-state index in [1.54, 1.807) is 0 Å². The fraction of sp³-hybridized carbons (Fsp3) is 0.194. The Morgan fingerprint density at radius 3 is 2.34 bits per heavy atom. The summed E-state index contributed by atoms with van der Waals surface area (Å²) in [4.78, 5) is 20.7. The van der Waals surface area contributed by atoms with Gasteiger partial charge in [0, 0.05) is 34.8 Å². The average Bonchev–Trinajstić information content (AvgIpc) is 3.77. The van der Waals surface area contributed by atoms with Crippen LogP contribution in [-0.4, -0.2) is 38.0 Å². The summed E-state index contributed by atoms with van der Waals surface area (Å²) in [5, 5.41) is 7.93. The van der Waals surface area contributed by atoms with Crippen LogP contribution in [0, 0.1) is 11.8 Å². The van der Waals surface area contributed by atoms with Gasteiger partial charge in [-0.1, -0.05) is 42.2 Å². The van der Waals surface area contributed by atoms with Gasteiger partial charge in [-0.2, -0.15) is 0 Å². The Morgan fingerprint density at radius 2 is 1.53 bits per heavy atom. The lowest BCUT2D eigenvalue weighted by Crippen LogP contribution is -2.14. The van der Waals surface area contributed by atoms with Gasteiger partial charge in [-0.15, -0.1) is 0 Å². The highest BCUT2D eigenvalue weighted by molar-refractivity contribution is 5.84. The molecule has 0 spiro atoms. The third-order valence-corrected chi connectivity index (χ3v) is 7.20. The molecule has 0 aliphatic carbocycles. The summed E-state index contributed by atoms with van der Waals surface area (Å²) in [5.74, 6) is 8.51. The van der Waals surface area contributed by atoms with Crippen LogP contribution in [0.15, 0.2) is 79.3 Å². The molecule has 2 aliphatic heterocycles. The van der Waals surface area contributed by atoms with Crippen LogP contribution in [0.1, 0.15) is 47.7 Å². The van der Waals surface area contributed by atoms with Crippen molar-refractivity contribution in [1.82, 2.24) is 35.6 Å². The number of benzene rings is 2. The van der Waals surface area contributed by atoms with Crippen LogP contribution in [0.2, 0.25) is 0 Å². The number of pyridine rings is 1. The summed E-state index contributed by atoms with van der Waals surface area (Å²) >= 11 is 0. The van der Waals surface area contributed by atoms with Crippen LogP contribution >= 0.6 is 0 Å². The molecule has 0 amide bonds. The number of aromatic amines is 2. The highest BCUT2D eigenvalue weighted by Gasteiger charge is 2.19. The predicted molar refractivity (Wildman–Crippen MR) is 149 cm³/mol. The number of H-pyrrole nitrogens is 2. The molecule has 2 atom stereocenters. The summed E-state index contributed by atoms with van der Waals surface area (Å²) < 4.78 is 0. The van der Waals surface area contributed by atoms with E-state index in [2.05, 4.69) is 91.0 Å². The van der Waals surface area contributed by atoms with Crippen molar-refractivity contribution >= 4 is 10.9 Å². The van der Waals surface area contributed by atoms with Gasteiger partial charge in [0.05, 0.1) is 41.4 Å². The minimum atomic E-state index is 0.145. The average molecular weight is 498 g/mol. The molecular formula is C31H27N7. The molecule has 3 aromatic heterocycles. The Labute approximate surface area is 220 Å². The van der Waals surface area contributed by atoms with Crippen molar-refractivity contribution in [3.63, 3.8) is 0 Å². The van der Waals surface area contributed by atoms with Crippen LogP contribution in [0.4, 0.5) is 0 Å². The zero-order valence-corrected chi connectivity index (χ0v) is 20.8. The van der Waals surface area contributed by atoms with E-state index in [0.29, 0.717) is 6.04 Å². The van der Waals surface area contributed by atoms with E-state index < -0.39 is 0 Å². The van der Waals surface area contributed by atoms with E-state index in [4.69, 9.17) is 4.98 Å². The number of hydrogen-bond acceptors (Lipinski definition) is 5. The van der Waals surface area contributed by atoms with Gasteiger partial charge in [0.15, 0.2) is 0 Å². The minimum Gasteiger partial charge on any atom is -0.341 e. The number of aromatic nitrogens is 5. The van der Waals surface area contributed by atoms with Crippen molar-refractivity contribution in [2.75, 3.05) is 13.1 Å². The third kappa shape index (κ3) is 4.52. The molecule has 38 heavy (non-hydrogen) atoms. The fourth-order valence-corrected chi connectivity index (χ4v) is 5.10. The molecule has 186 valence electrons. The first-order chi connectivity index (χ1) is 18.8. The maximum atomic E-state index is 4.70. The summed E-state index contributed by atoms with van der Waals surface area (Å²) in [6.45, 7) is 1.93. The third-order valence-electron chi connectivity index (χ3n) is 7.20. The maximum Gasteiger partial charge on any atom is 0.127 e. The number of hydrogen-bond donors (Lipinski definition) is 4. The number of nitrogens with zero attached hydrogens (tertiary/aromatic N) is 3. The maximum absolute atomic E-state index is 4.70. The lowest BCUT2D eigenvalue weighted by molar-refractivity contribution is 0.613. The Hall–Kier alpha value is -4.51. The molecule has 7 heteroatoms. The van der Waals surface area contributed by atoms with E-state index in [-0.39, 0.29) is 6.04 Å². The van der Waals surface area contributed by atoms with Gasteiger partial charge >= 0.3 is 0 Å². The van der Waals surface area contributed by atoms with E-state index in [1.807, 2.05) is 30.7 Å². The lowest BCUT2D eigenvalue weighted by Gasteiger charge is -2.05. The Kier molecular flexibility index (Phi) is 5.82. The largest absolute Gasteiger partial charge is 0.341 e. The van der Waals surface area contributed by atoms with Gasteiger partial charge < -0.3 is 20.6 Å². The molecule has 1 fully saturated rings. The number of fused-ring (bicyclic) bond motifs is 1. The van der Waals surface area contributed by atoms with Crippen molar-refractivity contribution in [1.29, 1.82) is 0 Å². The SMILES string of the molecule is C(#Cc1ccc2cc(-c3cnc([C@@H]4C=CCN4)[nH]3)cnc2c1)c1ccc(-c2cnc(C3CCCN3)[nH]2)cc1. The monoisotopic (exact) mass is 497 g/mol. The van der Waals surface area contributed by atoms with Crippen LogP contribution in [-0.2, 0) is 0 Å². The molecule has 4 N–H and O–H groups in total. The molecule has 7 rings (SSSR count). The standard InChI is InChI=1S/C31H27N7/c1-3-25(32-13-1)30-35-18-28(37-30)22-10-7-20(8-11-22)5-6-21-9-12-23-16-24(17-34-27(23)15-21)29-19-36-31(38-29)26-4-2-14-33-26/h2,4,7-12,15-19,25-26,32-33H,1,3,13-14H2,(H,35,37)(H,36,38)/t25?,26-/m0/s1. The van der Waals surface area contributed by atoms with E-state index in [1.165, 1.54) is 6.42 Å². The van der Waals surface area contributed by atoms with E-state index >= 15 is 0 Å². The Morgan fingerprint density at radius 1 is 0.737 bits per heavy atom. The molecular weight excluding hydrogens is 470 g/mol. The van der Waals surface area contributed by atoms with E-state index in [9.17, 15) is 0 Å². The molecule has 0 radical (unpaired) electrons. The summed E-state index contributed by atoms with van der Waals surface area (Å²) in [6.07, 6.45) is 12.2. The predicted octanol–water partition coefficient (Wildman–Crippen LogP) is 5.04. The summed E-state index contributed by atoms with van der Waals surface area (Å²) in [5.41, 5.74) is 6.95. The summed E-state index contributed by atoms with van der Waals surface area (Å²) in [6, 6.07) is 17.1. The molecule has 1 unspecified atom stereocenters. The first-order valence-electron chi connectivity index (χ1n) is 13.0. The second-order valence-electron chi connectivity index (χ2n) is 9.79. The number of imidazole rings is 2. The van der Waals surface area contributed by atoms with Crippen molar-refractivity contribution in [3.8, 4) is 34.4 Å². The van der Waals surface area contributed by atoms with Gasteiger partial charge in [0.25, 0.3) is 0 Å². The van der Waals surface area contributed by atoms with Gasteiger partial charge in [-0.05, 0) is 55.3 Å². The second-order valence-corrected chi connectivity index (χ2v) is 9.79. The van der Waals surface area contributed by atoms with E-state index in [0.717, 1.165) is 75.7 Å². The normalized spacial score (nSPS) is 18.6. The van der Waals surface area contributed by atoms with Crippen LogP contribution < -0.4 is 10.6 Å². The van der Waals surface area contributed by atoms with Crippen molar-refractivity contribution in [2.24, 2.45) is 0 Å². The van der Waals surface area contributed by atoms with Crippen molar-refractivity contribution < 1.29 is 0 Å². The first-order valence-corrected chi connectivity index (χ1v) is 13.0. The molecule has 5 aromatic rings. The van der Waals surface area contributed by atoms with Gasteiger partial charge in [0.1, 0.15) is 11.6 Å². The highest BCUT2D eigenvalue weighted by Crippen LogP contribution is 2.26. The number of rotatable bonds is 4. The quantitative estimate of drug-likeness (QED) is 0.206. The molecule has 1 saturated heterocycles. The Bertz CT molecular complexity index is 1690. The second kappa shape index (κ2) is 9.75. The van der Waals surface area contributed by atoms with Crippen molar-refractivity contribution in [2.45, 2.75) is 24.9 Å². The molecule has 0 bridgehead atoms. The smallest absolute Gasteiger partial charge is 0.127 e. The van der Waals surface area contributed by atoms with Gasteiger partial charge in [-0.3, -0.25) is 4.98 Å². The zero-order chi connectivity index (χ0) is 25.3. The summed E-state index contributed by atoms with van der Waals surface area (Å²) in [7, 11) is 0. The minimum absolute atomic E-state index is 0.145. The van der Waals surface area contributed by atoms with Gasteiger partial charge in [-0.25, -0.2) is 9.97 Å². The van der Waals surface area contributed by atoms with Crippen molar-refractivity contribution in [3.05, 3.63) is 102 Å². The molecule has 7 nitrogen and oxygen atoms in total. The highest BCUT2D eigenvalue weighted by atomic mass is 15.0. The Balaban J connectivity index is 1.06. The topological polar surface area (TPSA) is 94.3 Å². The lowest BCUT2D eigenvalue weighted by atomic mass is 10.1. The molecule has 5 heterocycles. The fourth-order valence-electron chi connectivity index (χ4n) is 5.10. The zero-order valence-electron chi connectivity index (χ0n) is 20.8. The van der Waals surface area contributed by atoms with Gasteiger partial charge in [0.2, 0.25) is 0 Å². The molecule has 2 aromatic carbocycles. The van der Waals surface area contributed by atoms with Crippen LogP contribution in [0.3, 0.4) is 0 Å². The number of nitrogens with one attached hydrogen (secondary N) is 4. The molecule has 0 saturated carbocycles. The molecule has 2 aliphatic rings.